The summed E-state index contributed by atoms with van der Waals surface area (Å²) in [5.41, 5.74) is 2.14. The van der Waals surface area contributed by atoms with E-state index >= 15 is 0 Å². The molecule has 3 aromatic rings. The molecule has 0 aliphatic rings. The molecule has 170 valence electrons. The molecule has 0 bridgehead atoms. The van der Waals surface area contributed by atoms with Gasteiger partial charge in [-0.05, 0) is 50.7 Å². The van der Waals surface area contributed by atoms with Gasteiger partial charge in [0.25, 0.3) is 0 Å². The normalized spacial score (nSPS) is 13.2. The number of hydrogen-bond acceptors (Lipinski definition) is 5. The maximum absolute atomic E-state index is 12.6. The number of carbonyl (C=O) groups is 1. The Labute approximate surface area is 199 Å². The van der Waals surface area contributed by atoms with Crippen LogP contribution in [0.3, 0.4) is 0 Å². The van der Waals surface area contributed by atoms with E-state index in [4.69, 9.17) is 11.6 Å². The first-order valence-corrected chi connectivity index (χ1v) is 12.1. The molecule has 3 rings (SSSR count). The van der Waals surface area contributed by atoms with E-state index < -0.39 is 0 Å². The summed E-state index contributed by atoms with van der Waals surface area (Å²) in [5, 5.41) is 13.4. The number of benzene rings is 2. The lowest BCUT2D eigenvalue weighted by molar-refractivity contribution is -0.119. The lowest BCUT2D eigenvalue weighted by Gasteiger charge is -2.23. The fourth-order valence-corrected chi connectivity index (χ4v) is 4.57. The van der Waals surface area contributed by atoms with Gasteiger partial charge in [0, 0.05) is 5.02 Å². The standard InChI is InChI=1S/C24H30ClN5OS/c1-5-21(29(3)4)23-27-28-24(30(23)15-18-10-7-6-8-11-18)32-16-22(31)26-17(2)19-12-9-13-20(25)14-19/h6-14,17,21H,5,15-16H2,1-4H3,(H,26,31)/t17-,21-/m1/s1. The highest BCUT2D eigenvalue weighted by atomic mass is 35.5. The fraction of sp³-hybridized carbons (Fsp3) is 0.375. The van der Waals surface area contributed by atoms with Crippen LogP contribution in [-0.2, 0) is 11.3 Å². The van der Waals surface area contributed by atoms with Crippen molar-refractivity contribution in [2.24, 2.45) is 0 Å². The average Bonchev–Trinajstić information content (AvgIpc) is 3.15. The van der Waals surface area contributed by atoms with E-state index in [-0.39, 0.29) is 23.7 Å². The molecule has 6 nitrogen and oxygen atoms in total. The van der Waals surface area contributed by atoms with Crippen molar-refractivity contribution >= 4 is 29.3 Å². The topological polar surface area (TPSA) is 63.1 Å². The van der Waals surface area contributed by atoms with E-state index in [1.165, 1.54) is 17.3 Å². The number of hydrogen-bond donors (Lipinski definition) is 1. The highest BCUT2D eigenvalue weighted by Crippen LogP contribution is 2.26. The van der Waals surface area contributed by atoms with Gasteiger partial charge in [0.05, 0.1) is 24.4 Å². The van der Waals surface area contributed by atoms with Crippen molar-refractivity contribution in [3.63, 3.8) is 0 Å². The van der Waals surface area contributed by atoms with Gasteiger partial charge in [-0.15, -0.1) is 10.2 Å². The smallest absolute Gasteiger partial charge is 0.230 e. The molecule has 0 aliphatic heterocycles. The third kappa shape index (κ3) is 6.34. The van der Waals surface area contributed by atoms with Crippen LogP contribution < -0.4 is 5.32 Å². The zero-order valence-electron chi connectivity index (χ0n) is 19.0. The predicted molar refractivity (Wildman–Crippen MR) is 131 cm³/mol. The summed E-state index contributed by atoms with van der Waals surface area (Å²) in [6.45, 7) is 4.76. The van der Waals surface area contributed by atoms with E-state index in [1.54, 1.807) is 0 Å². The monoisotopic (exact) mass is 471 g/mol. The summed E-state index contributed by atoms with van der Waals surface area (Å²) in [7, 11) is 4.10. The van der Waals surface area contributed by atoms with E-state index in [0.717, 1.165) is 23.0 Å². The molecular weight excluding hydrogens is 442 g/mol. The number of aromatic nitrogens is 3. The Bertz CT molecular complexity index is 1020. The van der Waals surface area contributed by atoms with Crippen molar-refractivity contribution in [3.8, 4) is 0 Å². The predicted octanol–water partition coefficient (Wildman–Crippen LogP) is 4.96. The third-order valence-corrected chi connectivity index (χ3v) is 6.50. The van der Waals surface area contributed by atoms with Gasteiger partial charge in [-0.25, -0.2) is 0 Å². The minimum absolute atomic E-state index is 0.0575. The molecule has 1 N–H and O–H groups in total. The highest BCUT2D eigenvalue weighted by molar-refractivity contribution is 7.99. The van der Waals surface area contributed by atoms with Crippen LogP contribution in [0.15, 0.2) is 59.8 Å². The molecule has 0 radical (unpaired) electrons. The number of rotatable bonds is 10. The third-order valence-electron chi connectivity index (χ3n) is 5.30. The summed E-state index contributed by atoms with van der Waals surface area (Å²) in [4.78, 5) is 14.8. The number of thioether (sulfide) groups is 1. The quantitative estimate of drug-likeness (QED) is 0.423. The molecule has 0 saturated heterocycles. The summed E-state index contributed by atoms with van der Waals surface area (Å²) in [6.07, 6.45) is 0.919. The maximum Gasteiger partial charge on any atom is 0.230 e. The number of nitrogens with one attached hydrogen (secondary N) is 1. The van der Waals surface area contributed by atoms with E-state index in [1.807, 2.05) is 63.5 Å². The van der Waals surface area contributed by atoms with Crippen LogP contribution in [0.25, 0.3) is 0 Å². The number of amides is 1. The van der Waals surface area contributed by atoms with Gasteiger partial charge in [-0.1, -0.05) is 72.8 Å². The van der Waals surface area contributed by atoms with Crippen molar-refractivity contribution in [2.75, 3.05) is 19.8 Å². The van der Waals surface area contributed by atoms with Gasteiger partial charge in [0.2, 0.25) is 5.91 Å². The molecule has 0 aliphatic carbocycles. The second-order valence-corrected chi connectivity index (χ2v) is 9.31. The Morgan fingerprint density at radius 2 is 1.91 bits per heavy atom. The molecule has 2 aromatic carbocycles. The minimum atomic E-state index is -0.127. The molecule has 32 heavy (non-hydrogen) atoms. The highest BCUT2D eigenvalue weighted by Gasteiger charge is 2.23. The first kappa shape index (κ1) is 24.3. The Kier molecular flexibility index (Phi) is 8.73. The molecule has 8 heteroatoms. The van der Waals surface area contributed by atoms with Crippen LogP contribution in [0, 0.1) is 0 Å². The molecule has 2 atom stereocenters. The number of carbonyl (C=O) groups excluding carboxylic acids is 1. The molecule has 0 unspecified atom stereocenters. The second-order valence-electron chi connectivity index (χ2n) is 7.93. The van der Waals surface area contributed by atoms with E-state index in [0.29, 0.717) is 11.6 Å². The van der Waals surface area contributed by atoms with Crippen LogP contribution in [-0.4, -0.2) is 45.4 Å². The molecule has 0 fully saturated rings. The maximum atomic E-state index is 12.6. The molecule has 1 amide bonds. The SMILES string of the molecule is CC[C@H](c1nnc(SCC(=O)N[C@H](C)c2cccc(Cl)c2)n1Cc1ccccc1)N(C)C. The average molecular weight is 472 g/mol. The van der Waals surface area contributed by atoms with Gasteiger partial charge in [-0.3, -0.25) is 9.69 Å². The minimum Gasteiger partial charge on any atom is -0.349 e. The summed E-state index contributed by atoms with van der Waals surface area (Å²) >= 11 is 7.48. The van der Waals surface area contributed by atoms with Crippen LogP contribution in [0.1, 0.15) is 49.3 Å². The van der Waals surface area contributed by atoms with Crippen molar-refractivity contribution in [2.45, 2.75) is 44.1 Å². The Balaban J connectivity index is 1.73. The Morgan fingerprint density at radius 3 is 2.56 bits per heavy atom. The molecule has 1 heterocycles. The zero-order chi connectivity index (χ0) is 23.1. The van der Waals surface area contributed by atoms with Crippen molar-refractivity contribution < 1.29 is 4.79 Å². The summed E-state index contributed by atoms with van der Waals surface area (Å²) < 4.78 is 2.13. The van der Waals surface area contributed by atoms with Crippen LogP contribution in [0.5, 0.6) is 0 Å². The Morgan fingerprint density at radius 1 is 1.16 bits per heavy atom. The number of halogens is 1. The van der Waals surface area contributed by atoms with E-state index in [2.05, 4.69) is 44.0 Å². The van der Waals surface area contributed by atoms with E-state index in [9.17, 15) is 4.79 Å². The fourth-order valence-electron chi connectivity index (χ4n) is 3.62. The van der Waals surface area contributed by atoms with Crippen molar-refractivity contribution in [1.29, 1.82) is 0 Å². The van der Waals surface area contributed by atoms with Crippen LogP contribution >= 0.6 is 23.4 Å². The second kappa shape index (κ2) is 11.5. The van der Waals surface area contributed by atoms with Gasteiger partial charge in [-0.2, -0.15) is 0 Å². The Hall–Kier alpha value is -2.35. The summed E-state index contributed by atoms with van der Waals surface area (Å²) in [6, 6.07) is 17.8. The van der Waals surface area contributed by atoms with Gasteiger partial charge >= 0.3 is 0 Å². The van der Waals surface area contributed by atoms with Gasteiger partial charge < -0.3 is 9.88 Å². The molecule has 0 saturated carbocycles. The van der Waals surface area contributed by atoms with Crippen LogP contribution in [0.4, 0.5) is 0 Å². The molecular formula is C24H30ClN5OS. The van der Waals surface area contributed by atoms with Crippen molar-refractivity contribution in [1.82, 2.24) is 25.0 Å². The zero-order valence-corrected chi connectivity index (χ0v) is 20.5. The lowest BCUT2D eigenvalue weighted by atomic mass is 10.1. The lowest BCUT2D eigenvalue weighted by Crippen LogP contribution is -2.28. The van der Waals surface area contributed by atoms with Gasteiger partial charge in [0.1, 0.15) is 0 Å². The van der Waals surface area contributed by atoms with Crippen LogP contribution in [0.2, 0.25) is 5.02 Å². The number of nitrogens with zero attached hydrogens (tertiary/aromatic N) is 4. The molecule has 1 aromatic heterocycles. The summed E-state index contributed by atoms with van der Waals surface area (Å²) in [5.74, 6) is 1.12. The largest absolute Gasteiger partial charge is 0.349 e. The van der Waals surface area contributed by atoms with Crippen molar-refractivity contribution in [3.05, 3.63) is 76.6 Å². The van der Waals surface area contributed by atoms with Gasteiger partial charge in [0.15, 0.2) is 11.0 Å². The first-order valence-electron chi connectivity index (χ1n) is 10.7. The molecule has 0 spiro atoms. The first-order chi connectivity index (χ1) is 15.4.